The summed E-state index contributed by atoms with van der Waals surface area (Å²) in [5.41, 5.74) is 0. The van der Waals surface area contributed by atoms with Crippen LogP contribution in [-0.2, 0) is 14.3 Å². The van der Waals surface area contributed by atoms with Gasteiger partial charge in [0.1, 0.15) is 0 Å². The fourth-order valence-corrected chi connectivity index (χ4v) is 10.9. The first kappa shape index (κ1) is 72.6. The molecule has 0 bridgehead atoms. The maximum absolute atomic E-state index is 12.5. The van der Waals surface area contributed by atoms with E-state index in [0.717, 1.165) is 44.9 Å². The van der Waals surface area contributed by atoms with E-state index in [9.17, 15) is 19.8 Å². The maximum Gasteiger partial charge on any atom is 0.305 e. The van der Waals surface area contributed by atoms with Gasteiger partial charge >= 0.3 is 5.97 Å². The van der Waals surface area contributed by atoms with Gasteiger partial charge in [0.2, 0.25) is 5.91 Å². The number of nitrogens with one attached hydrogen (secondary N) is 1. The number of aliphatic hydroxyl groups is 2. The average Bonchev–Trinajstić information content (AvgIpc) is 3.40. The van der Waals surface area contributed by atoms with Gasteiger partial charge in [-0.2, -0.15) is 0 Å². The van der Waals surface area contributed by atoms with E-state index < -0.39 is 12.1 Å². The Bertz CT molecular complexity index is 1110. The van der Waals surface area contributed by atoms with Crippen LogP contribution in [0.3, 0.4) is 0 Å². The van der Waals surface area contributed by atoms with Gasteiger partial charge in [-0.1, -0.05) is 353 Å². The lowest BCUT2D eigenvalue weighted by molar-refractivity contribution is -0.143. The van der Waals surface area contributed by atoms with E-state index >= 15 is 0 Å². The summed E-state index contributed by atoms with van der Waals surface area (Å²) in [6.07, 6.45) is 78.4. The monoisotopic (exact) mass is 1040 g/mol. The summed E-state index contributed by atoms with van der Waals surface area (Å²) in [6.45, 7) is 4.93. The lowest BCUT2D eigenvalue weighted by Crippen LogP contribution is -2.45. The normalized spacial score (nSPS) is 12.5. The van der Waals surface area contributed by atoms with Crippen LogP contribution in [0.25, 0.3) is 0 Å². The molecule has 2 atom stereocenters. The molecule has 6 heteroatoms. The molecule has 440 valence electrons. The number of ether oxygens (including phenoxy) is 1. The van der Waals surface area contributed by atoms with Crippen LogP contribution in [0.5, 0.6) is 0 Å². The van der Waals surface area contributed by atoms with Crippen LogP contribution in [0.1, 0.15) is 386 Å². The Hall–Kier alpha value is -1.40. The lowest BCUT2D eigenvalue weighted by Gasteiger charge is -2.20. The molecule has 0 heterocycles. The third-order valence-electron chi connectivity index (χ3n) is 16.1. The molecule has 3 N–H and O–H groups in total. The first-order valence-electron chi connectivity index (χ1n) is 34.0. The van der Waals surface area contributed by atoms with Crippen molar-refractivity contribution in [2.24, 2.45) is 0 Å². The molecule has 0 aliphatic rings. The molecule has 0 aliphatic heterocycles. The van der Waals surface area contributed by atoms with Crippen LogP contribution in [-0.4, -0.2) is 47.4 Å². The highest BCUT2D eigenvalue weighted by molar-refractivity contribution is 5.76. The zero-order chi connectivity index (χ0) is 53.6. The molecule has 0 spiro atoms. The lowest BCUT2D eigenvalue weighted by atomic mass is 10.0. The SMILES string of the molecule is CCCCCCCCCCCCCCCCCCCCCCCCC/C=C/C(O)C(CO)NC(=O)CCCCCCCCCCCCCCCCCCOC(=O)CCCCCCCCCCCCCCCCCC. The van der Waals surface area contributed by atoms with Gasteiger partial charge in [0.05, 0.1) is 25.4 Å². The molecule has 1 amide bonds. The molecule has 0 aromatic carbocycles. The molecule has 0 aromatic heterocycles. The van der Waals surface area contributed by atoms with Gasteiger partial charge in [-0.3, -0.25) is 9.59 Å². The number of amides is 1. The number of esters is 1. The summed E-state index contributed by atoms with van der Waals surface area (Å²) in [5, 5.41) is 23.3. The number of unbranched alkanes of at least 4 members (excludes halogenated alkanes) is 53. The van der Waals surface area contributed by atoms with Gasteiger partial charge in [0, 0.05) is 12.8 Å². The van der Waals surface area contributed by atoms with Crippen molar-refractivity contribution in [2.75, 3.05) is 13.2 Å². The number of hydrogen-bond acceptors (Lipinski definition) is 5. The largest absolute Gasteiger partial charge is 0.466 e. The minimum atomic E-state index is -0.850. The summed E-state index contributed by atoms with van der Waals surface area (Å²) in [4.78, 5) is 24.6. The maximum atomic E-state index is 12.5. The Kier molecular flexibility index (Phi) is 62.9. The average molecular weight is 1040 g/mol. The second-order valence-corrected chi connectivity index (χ2v) is 23.5. The minimum absolute atomic E-state index is 0.00698. The molecule has 0 fully saturated rings. The Morgan fingerprint density at radius 3 is 0.919 bits per heavy atom. The van der Waals surface area contributed by atoms with Crippen molar-refractivity contribution in [3.8, 4) is 0 Å². The van der Waals surface area contributed by atoms with E-state index in [4.69, 9.17) is 4.74 Å². The van der Waals surface area contributed by atoms with E-state index in [0.29, 0.717) is 19.4 Å². The van der Waals surface area contributed by atoms with E-state index in [2.05, 4.69) is 19.2 Å². The zero-order valence-electron chi connectivity index (χ0n) is 50.4. The van der Waals surface area contributed by atoms with Crippen LogP contribution in [0.4, 0.5) is 0 Å². The molecule has 0 aromatic rings. The van der Waals surface area contributed by atoms with Gasteiger partial charge in [0.15, 0.2) is 0 Å². The number of allylic oxidation sites excluding steroid dienone is 1. The molecule has 74 heavy (non-hydrogen) atoms. The van der Waals surface area contributed by atoms with Crippen molar-refractivity contribution in [1.82, 2.24) is 5.32 Å². The van der Waals surface area contributed by atoms with Crippen molar-refractivity contribution >= 4 is 11.9 Å². The summed E-state index contributed by atoms with van der Waals surface area (Å²) >= 11 is 0. The second kappa shape index (κ2) is 64.1. The standard InChI is InChI=1S/C68H133NO5/c1-3-5-7-9-11-13-15-17-19-21-22-23-24-25-26-27-28-29-32-36-40-44-48-52-56-60-66(71)65(64-70)69-67(72)61-57-53-49-45-41-37-33-30-31-35-39-43-47-51-55-59-63-74-68(73)62-58-54-50-46-42-38-34-20-18-16-14-12-10-8-6-4-2/h56,60,65-66,70-71H,3-55,57-59,61-64H2,1-2H3,(H,69,72)/b60-56+. The fraction of sp³-hybridized carbons (Fsp3) is 0.941. The first-order chi connectivity index (χ1) is 36.5. The highest BCUT2D eigenvalue weighted by Crippen LogP contribution is 2.19. The summed E-state index contributed by atoms with van der Waals surface area (Å²) in [7, 11) is 0. The minimum Gasteiger partial charge on any atom is -0.466 e. The van der Waals surface area contributed by atoms with Crippen LogP contribution in [0.15, 0.2) is 12.2 Å². The molecular formula is C68H133NO5. The third-order valence-corrected chi connectivity index (χ3v) is 16.1. The highest BCUT2D eigenvalue weighted by Gasteiger charge is 2.18. The van der Waals surface area contributed by atoms with Crippen LogP contribution >= 0.6 is 0 Å². The van der Waals surface area contributed by atoms with Crippen LogP contribution < -0.4 is 5.32 Å². The summed E-state index contributed by atoms with van der Waals surface area (Å²) in [6, 6.07) is -0.634. The number of aliphatic hydroxyl groups excluding tert-OH is 2. The molecule has 0 rings (SSSR count). The van der Waals surface area contributed by atoms with Crippen LogP contribution in [0, 0.1) is 0 Å². The number of hydrogen-bond donors (Lipinski definition) is 3. The van der Waals surface area contributed by atoms with Crippen molar-refractivity contribution in [3.05, 3.63) is 12.2 Å². The van der Waals surface area contributed by atoms with E-state index in [1.807, 2.05) is 6.08 Å². The van der Waals surface area contributed by atoms with Gasteiger partial charge in [0.25, 0.3) is 0 Å². The van der Waals surface area contributed by atoms with Crippen LogP contribution in [0.2, 0.25) is 0 Å². The summed E-state index contributed by atoms with van der Waals surface area (Å²) < 4.78 is 5.49. The summed E-state index contributed by atoms with van der Waals surface area (Å²) in [5.74, 6) is -0.0627. The Balaban J connectivity index is 3.43. The molecule has 0 saturated carbocycles. The Morgan fingerprint density at radius 1 is 0.365 bits per heavy atom. The van der Waals surface area contributed by atoms with Crippen molar-refractivity contribution < 1.29 is 24.5 Å². The predicted octanol–water partition coefficient (Wildman–Crippen LogP) is 21.6. The number of carbonyl (C=O) groups excluding carboxylic acids is 2. The van der Waals surface area contributed by atoms with Gasteiger partial charge in [-0.05, 0) is 32.1 Å². The van der Waals surface area contributed by atoms with Gasteiger partial charge in [-0.25, -0.2) is 0 Å². The smallest absolute Gasteiger partial charge is 0.305 e. The molecule has 0 saturated heterocycles. The van der Waals surface area contributed by atoms with Crippen molar-refractivity contribution in [3.63, 3.8) is 0 Å². The number of rotatable bonds is 64. The Morgan fingerprint density at radius 2 is 0.622 bits per heavy atom. The first-order valence-corrected chi connectivity index (χ1v) is 34.0. The van der Waals surface area contributed by atoms with E-state index in [1.54, 1.807) is 6.08 Å². The second-order valence-electron chi connectivity index (χ2n) is 23.5. The third kappa shape index (κ3) is 59.8. The van der Waals surface area contributed by atoms with Crippen molar-refractivity contribution in [2.45, 2.75) is 398 Å². The van der Waals surface area contributed by atoms with Gasteiger partial charge in [-0.15, -0.1) is 0 Å². The topological polar surface area (TPSA) is 95.9 Å². The zero-order valence-corrected chi connectivity index (χ0v) is 50.4. The Labute approximate surface area is 463 Å². The van der Waals surface area contributed by atoms with E-state index in [1.165, 1.54) is 315 Å². The fourth-order valence-electron chi connectivity index (χ4n) is 10.9. The predicted molar refractivity (Wildman–Crippen MR) is 324 cm³/mol. The highest BCUT2D eigenvalue weighted by atomic mass is 16.5. The van der Waals surface area contributed by atoms with E-state index in [-0.39, 0.29) is 18.5 Å². The van der Waals surface area contributed by atoms with Crippen molar-refractivity contribution in [1.29, 1.82) is 0 Å². The van der Waals surface area contributed by atoms with Gasteiger partial charge < -0.3 is 20.3 Å². The quantitative estimate of drug-likeness (QED) is 0.0320. The molecule has 6 nitrogen and oxygen atoms in total. The molecule has 0 radical (unpaired) electrons. The molecule has 2 unspecified atom stereocenters. The molecule has 0 aliphatic carbocycles. The molecular weight excluding hydrogens is 911 g/mol. The number of carbonyl (C=O) groups is 2.